The molecule has 0 aliphatic heterocycles. The fraction of sp³-hybridized carbons (Fsp3) is 0.692. The van der Waals surface area contributed by atoms with Gasteiger partial charge in [-0.1, -0.05) is 0 Å². The minimum atomic E-state index is -0.170. The average molecular weight is 222 g/mol. The minimum Gasteiger partial charge on any atom is -0.251 e. The van der Waals surface area contributed by atoms with Gasteiger partial charge in [-0.05, 0) is 50.5 Å². The smallest absolute Gasteiger partial charge is 0.131 e. The van der Waals surface area contributed by atoms with Crippen molar-refractivity contribution in [1.29, 1.82) is 0 Å². The van der Waals surface area contributed by atoms with Crippen LogP contribution in [0.25, 0.3) is 0 Å². The Morgan fingerprint density at radius 1 is 1.19 bits per heavy atom. The molecule has 1 fully saturated rings. The zero-order valence-corrected chi connectivity index (χ0v) is 9.82. The Balaban J connectivity index is 1.91. The third-order valence-corrected chi connectivity index (χ3v) is 3.53. The summed E-state index contributed by atoms with van der Waals surface area (Å²) in [7, 11) is 0. The van der Waals surface area contributed by atoms with Gasteiger partial charge < -0.3 is 0 Å². The van der Waals surface area contributed by atoms with E-state index in [-0.39, 0.29) is 6.67 Å². The molecule has 3 heteroatoms. The van der Waals surface area contributed by atoms with E-state index in [2.05, 4.69) is 9.97 Å². The van der Waals surface area contributed by atoms with Crippen molar-refractivity contribution in [3.63, 3.8) is 0 Å². The normalized spacial score (nSPS) is 25.6. The van der Waals surface area contributed by atoms with Crippen molar-refractivity contribution in [3.05, 3.63) is 23.8 Å². The highest BCUT2D eigenvalue weighted by molar-refractivity contribution is 5.05. The molecule has 0 unspecified atom stereocenters. The first-order chi connectivity index (χ1) is 7.79. The fourth-order valence-corrected chi connectivity index (χ4v) is 2.48. The highest BCUT2D eigenvalue weighted by Crippen LogP contribution is 2.35. The molecule has 1 aliphatic carbocycles. The summed E-state index contributed by atoms with van der Waals surface area (Å²) < 4.78 is 12.2. The van der Waals surface area contributed by atoms with E-state index in [0.29, 0.717) is 11.8 Å². The maximum Gasteiger partial charge on any atom is 0.131 e. The maximum atomic E-state index is 12.2. The van der Waals surface area contributed by atoms with Crippen LogP contribution in [0.15, 0.2) is 12.4 Å². The van der Waals surface area contributed by atoms with Crippen LogP contribution in [-0.4, -0.2) is 16.6 Å². The van der Waals surface area contributed by atoms with Gasteiger partial charge in [0.25, 0.3) is 0 Å². The molecule has 0 amide bonds. The predicted molar refractivity (Wildman–Crippen MR) is 62.1 cm³/mol. The molecular weight excluding hydrogens is 203 g/mol. The van der Waals surface area contributed by atoms with E-state index in [4.69, 9.17) is 0 Å². The zero-order chi connectivity index (χ0) is 11.4. The molecule has 1 aromatic heterocycles. The Kier molecular flexibility index (Phi) is 3.86. The lowest BCUT2D eigenvalue weighted by Gasteiger charge is -2.26. The number of nitrogens with zero attached hydrogens (tertiary/aromatic N) is 2. The van der Waals surface area contributed by atoms with Crippen molar-refractivity contribution in [2.75, 3.05) is 6.67 Å². The van der Waals surface area contributed by atoms with Crippen LogP contribution in [0.5, 0.6) is 0 Å². The third kappa shape index (κ3) is 2.77. The predicted octanol–water partition coefficient (Wildman–Crippen LogP) is 3.42. The van der Waals surface area contributed by atoms with Crippen LogP contribution in [0.3, 0.4) is 0 Å². The summed E-state index contributed by atoms with van der Waals surface area (Å²) in [5.74, 6) is 2.06. The highest BCUT2D eigenvalue weighted by Gasteiger charge is 2.23. The lowest BCUT2D eigenvalue weighted by atomic mass is 9.80. The second-order valence-corrected chi connectivity index (χ2v) is 4.81. The Morgan fingerprint density at radius 3 is 2.38 bits per heavy atom. The van der Waals surface area contributed by atoms with Gasteiger partial charge in [0.2, 0.25) is 0 Å². The SMILES string of the molecule is Cc1cnc(C2CCC(CCF)CC2)nc1. The molecule has 2 rings (SSSR count). The van der Waals surface area contributed by atoms with E-state index in [9.17, 15) is 4.39 Å². The van der Waals surface area contributed by atoms with Gasteiger partial charge in [-0.3, -0.25) is 4.39 Å². The number of halogens is 1. The lowest BCUT2D eigenvalue weighted by Crippen LogP contribution is -2.15. The monoisotopic (exact) mass is 222 g/mol. The number of hydrogen-bond donors (Lipinski definition) is 0. The summed E-state index contributed by atoms with van der Waals surface area (Å²) in [6.07, 6.45) is 9.01. The topological polar surface area (TPSA) is 25.8 Å². The van der Waals surface area contributed by atoms with Gasteiger partial charge in [0.15, 0.2) is 0 Å². The zero-order valence-electron chi connectivity index (χ0n) is 9.82. The van der Waals surface area contributed by atoms with E-state index in [0.717, 1.165) is 43.5 Å². The van der Waals surface area contributed by atoms with Crippen molar-refractivity contribution < 1.29 is 4.39 Å². The Morgan fingerprint density at radius 2 is 1.81 bits per heavy atom. The summed E-state index contributed by atoms with van der Waals surface area (Å²) in [6, 6.07) is 0. The van der Waals surface area contributed by atoms with E-state index in [1.807, 2.05) is 19.3 Å². The first-order valence-electron chi connectivity index (χ1n) is 6.14. The number of aromatic nitrogens is 2. The molecule has 0 radical (unpaired) electrons. The summed E-state index contributed by atoms with van der Waals surface area (Å²) in [5.41, 5.74) is 1.11. The van der Waals surface area contributed by atoms with Crippen LogP contribution in [-0.2, 0) is 0 Å². The quantitative estimate of drug-likeness (QED) is 0.783. The molecule has 16 heavy (non-hydrogen) atoms. The molecule has 88 valence electrons. The van der Waals surface area contributed by atoms with E-state index >= 15 is 0 Å². The van der Waals surface area contributed by atoms with Crippen LogP contribution < -0.4 is 0 Å². The lowest BCUT2D eigenvalue weighted by molar-refractivity contribution is 0.279. The van der Waals surface area contributed by atoms with Gasteiger partial charge in [0.05, 0.1) is 6.67 Å². The van der Waals surface area contributed by atoms with E-state index < -0.39 is 0 Å². The van der Waals surface area contributed by atoms with Crippen molar-refractivity contribution in [3.8, 4) is 0 Å². The summed E-state index contributed by atoms with van der Waals surface area (Å²) >= 11 is 0. The van der Waals surface area contributed by atoms with Crippen LogP contribution in [0.1, 0.15) is 49.4 Å². The molecular formula is C13H19FN2. The van der Waals surface area contributed by atoms with Crippen LogP contribution in [0.2, 0.25) is 0 Å². The molecule has 1 heterocycles. The highest BCUT2D eigenvalue weighted by atomic mass is 19.1. The Hall–Kier alpha value is -0.990. The van der Waals surface area contributed by atoms with Crippen LogP contribution >= 0.6 is 0 Å². The number of hydrogen-bond acceptors (Lipinski definition) is 2. The molecule has 1 saturated carbocycles. The molecule has 0 spiro atoms. The Bertz CT molecular complexity index is 315. The van der Waals surface area contributed by atoms with Gasteiger partial charge in [-0.25, -0.2) is 9.97 Å². The van der Waals surface area contributed by atoms with Crippen molar-refractivity contribution in [2.45, 2.75) is 44.9 Å². The first-order valence-corrected chi connectivity index (χ1v) is 6.14. The van der Waals surface area contributed by atoms with Crippen LogP contribution in [0.4, 0.5) is 4.39 Å². The number of alkyl halides is 1. The molecule has 1 aromatic rings. The van der Waals surface area contributed by atoms with E-state index in [1.165, 1.54) is 0 Å². The van der Waals surface area contributed by atoms with Crippen LogP contribution in [0, 0.1) is 12.8 Å². The van der Waals surface area contributed by atoms with Gasteiger partial charge in [-0.2, -0.15) is 0 Å². The summed E-state index contributed by atoms with van der Waals surface area (Å²) in [4.78, 5) is 8.78. The second-order valence-electron chi connectivity index (χ2n) is 4.81. The van der Waals surface area contributed by atoms with Gasteiger partial charge in [0, 0.05) is 18.3 Å². The summed E-state index contributed by atoms with van der Waals surface area (Å²) in [5, 5.41) is 0. The molecule has 0 aromatic carbocycles. The molecule has 0 saturated heterocycles. The summed E-state index contributed by atoms with van der Waals surface area (Å²) in [6.45, 7) is 1.83. The van der Waals surface area contributed by atoms with Gasteiger partial charge in [0.1, 0.15) is 5.82 Å². The molecule has 1 aliphatic rings. The minimum absolute atomic E-state index is 0.170. The molecule has 0 bridgehead atoms. The largest absolute Gasteiger partial charge is 0.251 e. The maximum absolute atomic E-state index is 12.2. The van der Waals surface area contributed by atoms with Crippen molar-refractivity contribution in [2.24, 2.45) is 5.92 Å². The van der Waals surface area contributed by atoms with Gasteiger partial charge in [-0.15, -0.1) is 0 Å². The standard InChI is InChI=1S/C13H19FN2/c1-10-8-15-13(16-9-10)12-4-2-11(3-5-12)6-7-14/h8-9,11-12H,2-7H2,1H3. The molecule has 2 nitrogen and oxygen atoms in total. The fourth-order valence-electron chi connectivity index (χ4n) is 2.48. The molecule has 0 N–H and O–H groups in total. The van der Waals surface area contributed by atoms with E-state index in [1.54, 1.807) is 0 Å². The molecule has 0 atom stereocenters. The third-order valence-electron chi connectivity index (χ3n) is 3.53. The average Bonchev–Trinajstić information content (AvgIpc) is 2.32. The van der Waals surface area contributed by atoms with Crippen molar-refractivity contribution >= 4 is 0 Å². The second kappa shape index (κ2) is 5.37. The van der Waals surface area contributed by atoms with Gasteiger partial charge >= 0.3 is 0 Å². The first kappa shape index (κ1) is 11.5. The number of rotatable bonds is 3. The Labute approximate surface area is 96.3 Å². The number of aryl methyl sites for hydroxylation is 1. The van der Waals surface area contributed by atoms with Crippen molar-refractivity contribution in [1.82, 2.24) is 9.97 Å².